The third-order valence-corrected chi connectivity index (χ3v) is 5.36. The first-order chi connectivity index (χ1) is 8.73. The van der Waals surface area contributed by atoms with Crippen LogP contribution in [0.15, 0.2) is 28.7 Å². The van der Waals surface area contributed by atoms with E-state index in [4.69, 9.17) is 5.26 Å². The van der Waals surface area contributed by atoms with Gasteiger partial charge in [0.2, 0.25) is 10.0 Å². The lowest BCUT2D eigenvalue weighted by atomic mass is 9.96. The topological polar surface area (TPSA) is 70.0 Å². The molecule has 0 bridgehead atoms. The first-order valence-corrected chi connectivity index (χ1v) is 8.25. The van der Waals surface area contributed by atoms with E-state index >= 15 is 0 Å². The summed E-state index contributed by atoms with van der Waals surface area (Å²) in [4.78, 5) is 0. The molecule has 0 aliphatic heterocycles. The monoisotopic (exact) mass is 344 g/mol. The summed E-state index contributed by atoms with van der Waals surface area (Å²) in [6.45, 7) is 5.23. The van der Waals surface area contributed by atoms with Crippen LogP contribution in [0.4, 0.5) is 0 Å². The molecule has 1 atom stereocenters. The van der Waals surface area contributed by atoms with E-state index in [0.29, 0.717) is 0 Å². The number of nitrogens with zero attached hydrogens (tertiary/aromatic N) is 1. The van der Waals surface area contributed by atoms with Gasteiger partial charge in [0.25, 0.3) is 0 Å². The SMILES string of the molecule is CC[C@@H](C#N)S(=O)(=O)NC(C)(C)c1ccc(Br)cc1. The lowest BCUT2D eigenvalue weighted by molar-refractivity contribution is 0.468. The van der Waals surface area contributed by atoms with Crippen molar-refractivity contribution in [2.75, 3.05) is 0 Å². The molecule has 0 saturated heterocycles. The fourth-order valence-corrected chi connectivity index (χ4v) is 3.55. The summed E-state index contributed by atoms with van der Waals surface area (Å²) in [7, 11) is -3.66. The van der Waals surface area contributed by atoms with Crippen LogP contribution < -0.4 is 4.72 Å². The average Bonchev–Trinajstić information content (AvgIpc) is 2.29. The molecule has 0 radical (unpaired) electrons. The molecular formula is C13H17BrN2O2S. The van der Waals surface area contributed by atoms with E-state index in [0.717, 1.165) is 10.0 Å². The second-order valence-electron chi connectivity index (χ2n) is 4.80. The average molecular weight is 345 g/mol. The number of hydrogen-bond donors (Lipinski definition) is 1. The van der Waals surface area contributed by atoms with Crippen molar-refractivity contribution in [1.82, 2.24) is 4.72 Å². The van der Waals surface area contributed by atoms with Gasteiger partial charge in [-0.3, -0.25) is 0 Å². The molecule has 0 aliphatic rings. The summed E-state index contributed by atoms with van der Waals surface area (Å²) in [6.07, 6.45) is 0.266. The predicted molar refractivity (Wildman–Crippen MR) is 78.9 cm³/mol. The van der Waals surface area contributed by atoms with Gasteiger partial charge in [0.1, 0.15) is 0 Å². The quantitative estimate of drug-likeness (QED) is 0.892. The fourth-order valence-electron chi connectivity index (χ4n) is 1.73. The van der Waals surface area contributed by atoms with Gasteiger partial charge < -0.3 is 0 Å². The molecule has 0 heterocycles. The van der Waals surface area contributed by atoms with Crippen LogP contribution in [0, 0.1) is 11.3 Å². The zero-order valence-corrected chi connectivity index (χ0v) is 13.5. The molecule has 6 heteroatoms. The van der Waals surface area contributed by atoms with Crippen molar-refractivity contribution in [2.24, 2.45) is 0 Å². The Kier molecular flexibility index (Phi) is 5.13. The zero-order chi connectivity index (χ0) is 14.7. The highest BCUT2D eigenvalue weighted by Gasteiger charge is 2.31. The molecule has 0 amide bonds. The number of halogens is 1. The van der Waals surface area contributed by atoms with Gasteiger partial charge in [-0.05, 0) is 38.0 Å². The summed E-state index contributed by atoms with van der Waals surface area (Å²) in [5.74, 6) is 0. The summed E-state index contributed by atoms with van der Waals surface area (Å²) in [5.41, 5.74) is 0.0798. The van der Waals surface area contributed by atoms with Crippen molar-refractivity contribution in [3.8, 4) is 6.07 Å². The molecule has 19 heavy (non-hydrogen) atoms. The van der Waals surface area contributed by atoms with E-state index in [1.54, 1.807) is 20.8 Å². The summed E-state index contributed by atoms with van der Waals surface area (Å²) < 4.78 is 27.7. The first-order valence-electron chi connectivity index (χ1n) is 5.91. The zero-order valence-electron chi connectivity index (χ0n) is 11.1. The second-order valence-corrected chi connectivity index (χ2v) is 7.58. The Morgan fingerprint density at radius 3 is 2.32 bits per heavy atom. The largest absolute Gasteiger partial charge is 0.228 e. The van der Waals surface area contributed by atoms with Gasteiger partial charge in [0, 0.05) is 4.47 Å². The number of sulfonamides is 1. The van der Waals surface area contributed by atoms with Crippen molar-refractivity contribution < 1.29 is 8.42 Å². The number of rotatable bonds is 5. The first kappa shape index (κ1) is 16.2. The van der Waals surface area contributed by atoms with Crippen molar-refractivity contribution >= 4 is 26.0 Å². The van der Waals surface area contributed by atoms with Gasteiger partial charge in [-0.2, -0.15) is 5.26 Å². The number of nitrogens with one attached hydrogen (secondary N) is 1. The Morgan fingerprint density at radius 2 is 1.89 bits per heavy atom. The Hall–Kier alpha value is -0.900. The lowest BCUT2D eigenvalue weighted by Gasteiger charge is -2.27. The third kappa shape index (κ3) is 4.03. The summed E-state index contributed by atoms with van der Waals surface area (Å²) in [6, 6.07) is 9.22. The molecule has 0 fully saturated rings. The Morgan fingerprint density at radius 1 is 1.37 bits per heavy atom. The van der Waals surface area contributed by atoms with Gasteiger partial charge in [-0.1, -0.05) is 35.0 Å². The maximum atomic E-state index is 12.1. The van der Waals surface area contributed by atoms with Crippen molar-refractivity contribution in [3.63, 3.8) is 0 Å². The van der Waals surface area contributed by atoms with E-state index in [9.17, 15) is 8.42 Å². The van der Waals surface area contributed by atoms with Crippen LogP contribution in [0.3, 0.4) is 0 Å². The van der Waals surface area contributed by atoms with E-state index in [-0.39, 0.29) is 6.42 Å². The minimum absolute atomic E-state index is 0.266. The van der Waals surface area contributed by atoms with Crippen LogP contribution in [-0.2, 0) is 15.6 Å². The molecule has 0 saturated carbocycles. The van der Waals surface area contributed by atoms with E-state index in [2.05, 4.69) is 20.7 Å². The van der Waals surface area contributed by atoms with Crippen LogP contribution in [-0.4, -0.2) is 13.7 Å². The van der Waals surface area contributed by atoms with Gasteiger partial charge in [0.05, 0.1) is 11.6 Å². The molecule has 0 aliphatic carbocycles. The molecule has 0 unspecified atom stereocenters. The number of hydrogen-bond acceptors (Lipinski definition) is 3. The molecule has 0 aromatic heterocycles. The highest BCUT2D eigenvalue weighted by Crippen LogP contribution is 2.24. The van der Waals surface area contributed by atoms with Crippen LogP contribution in [0.25, 0.3) is 0 Å². The fraction of sp³-hybridized carbons (Fsp3) is 0.462. The molecule has 104 valence electrons. The highest BCUT2D eigenvalue weighted by atomic mass is 79.9. The second kappa shape index (κ2) is 6.04. The number of nitriles is 1. The predicted octanol–water partition coefficient (Wildman–Crippen LogP) is 2.91. The van der Waals surface area contributed by atoms with Crippen molar-refractivity contribution in [2.45, 2.75) is 38.0 Å². The standard InChI is InChI=1S/C13H17BrN2O2S/c1-4-12(9-15)19(17,18)16-13(2,3)10-5-7-11(14)8-6-10/h5-8,12,16H,4H2,1-3H3/t12-/m0/s1. The van der Waals surface area contributed by atoms with E-state index < -0.39 is 20.8 Å². The minimum Gasteiger partial charge on any atom is -0.211 e. The van der Waals surface area contributed by atoms with Crippen LogP contribution in [0.1, 0.15) is 32.8 Å². The highest BCUT2D eigenvalue weighted by molar-refractivity contribution is 9.10. The van der Waals surface area contributed by atoms with Crippen molar-refractivity contribution in [3.05, 3.63) is 34.3 Å². The van der Waals surface area contributed by atoms with E-state index in [1.165, 1.54) is 0 Å². The maximum absolute atomic E-state index is 12.1. The smallest absolute Gasteiger partial charge is 0.211 e. The van der Waals surface area contributed by atoms with Crippen LogP contribution in [0.2, 0.25) is 0 Å². The molecule has 1 rings (SSSR count). The Labute approximate surface area is 123 Å². The van der Waals surface area contributed by atoms with Gasteiger partial charge in [0.15, 0.2) is 5.25 Å². The lowest BCUT2D eigenvalue weighted by Crippen LogP contribution is -2.45. The summed E-state index contributed by atoms with van der Waals surface area (Å²) in [5, 5.41) is 7.86. The molecule has 4 nitrogen and oxygen atoms in total. The van der Waals surface area contributed by atoms with E-state index in [1.807, 2.05) is 30.3 Å². The van der Waals surface area contributed by atoms with Gasteiger partial charge >= 0.3 is 0 Å². The van der Waals surface area contributed by atoms with Crippen LogP contribution >= 0.6 is 15.9 Å². The third-order valence-electron chi connectivity index (χ3n) is 2.85. The van der Waals surface area contributed by atoms with Crippen molar-refractivity contribution in [1.29, 1.82) is 5.26 Å². The normalized spacial score (nSPS) is 13.8. The Balaban J connectivity index is 3.03. The molecule has 1 aromatic rings. The molecule has 0 spiro atoms. The van der Waals surface area contributed by atoms with Gasteiger partial charge in [-0.15, -0.1) is 0 Å². The molecular weight excluding hydrogens is 328 g/mol. The van der Waals surface area contributed by atoms with Gasteiger partial charge in [-0.25, -0.2) is 13.1 Å². The van der Waals surface area contributed by atoms with Crippen LogP contribution in [0.5, 0.6) is 0 Å². The Bertz CT molecular complexity index is 574. The molecule has 1 N–H and O–H groups in total. The summed E-state index contributed by atoms with van der Waals surface area (Å²) >= 11 is 3.34. The molecule has 1 aromatic carbocycles. The number of benzene rings is 1. The minimum atomic E-state index is -3.66. The maximum Gasteiger partial charge on any atom is 0.228 e.